The van der Waals surface area contributed by atoms with Crippen LogP contribution in [0.15, 0.2) is 46.9 Å². The van der Waals surface area contributed by atoms with E-state index in [0.717, 1.165) is 41.5 Å². The normalized spacial score (nSPS) is 14.0. The molecular formula is C23H24N4O3S2. The first-order chi connectivity index (χ1) is 15.4. The highest BCUT2D eigenvalue weighted by Crippen LogP contribution is 2.35. The zero-order valence-corrected chi connectivity index (χ0v) is 19.4. The van der Waals surface area contributed by atoms with Crippen molar-refractivity contribution in [1.82, 2.24) is 9.55 Å². The third kappa shape index (κ3) is 4.35. The Labute approximate surface area is 193 Å². The standard InChI is InChI=1S/C23H24N4O3S2/c1-3-12-27-22(30)18-16-6-4-5-7-17(16)32-21(18)26-23(27)31-13(2)20(29)25-15-10-8-14(9-11-15)19(24)28/h3,8-11,13H,1,4-7,12H2,2H3,(H2,24,28)(H,25,29)/t13-/m1/s1. The topological polar surface area (TPSA) is 107 Å². The maximum atomic E-state index is 13.3. The summed E-state index contributed by atoms with van der Waals surface area (Å²) in [5, 5.41) is 3.56. The summed E-state index contributed by atoms with van der Waals surface area (Å²) in [6, 6.07) is 6.38. The lowest BCUT2D eigenvalue weighted by atomic mass is 9.97. The lowest BCUT2D eigenvalue weighted by Gasteiger charge is -2.15. The summed E-state index contributed by atoms with van der Waals surface area (Å²) in [5.74, 6) is -0.754. The van der Waals surface area contributed by atoms with E-state index < -0.39 is 11.2 Å². The van der Waals surface area contributed by atoms with E-state index in [4.69, 9.17) is 10.7 Å². The van der Waals surface area contributed by atoms with Crippen LogP contribution >= 0.6 is 23.1 Å². The number of primary amides is 1. The number of aromatic nitrogens is 2. The SMILES string of the molecule is C=CCn1c(S[C@H](C)C(=O)Nc2ccc(C(N)=O)cc2)nc2sc3c(c2c1=O)CCCC3. The molecule has 1 aliphatic rings. The molecule has 0 saturated heterocycles. The van der Waals surface area contributed by atoms with Crippen LogP contribution in [0, 0.1) is 0 Å². The average molecular weight is 469 g/mol. The van der Waals surface area contributed by atoms with Crippen molar-refractivity contribution in [1.29, 1.82) is 0 Å². The van der Waals surface area contributed by atoms with E-state index in [1.807, 2.05) is 0 Å². The number of anilines is 1. The Morgan fingerprint density at radius 2 is 2.03 bits per heavy atom. The molecule has 3 N–H and O–H groups in total. The number of benzene rings is 1. The quantitative estimate of drug-likeness (QED) is 0.312. The van der Waals surface area contributed by atoms with Crippen molar-refractivity contribution in [3.8, 4) is 0 Å². The second-order valence-electron chi connectivity index (χ2n) is 7.68. The smallest absolute Gasteiger partial charge is 0.263 e. The molecule has 0 saturated carbocycles. The molecule has 0 radical (unpaired) electrons. The number of rotatable bonds is 7. The average Bonchev–Trinajstić information content (AvgIpc) is 3.15. The number of thioether (sulfide) groups is 1. The lowest BCUT2D eigenvalue weighted by molar-refractivity contribution is -0.115. The van der Waals surface area contributed by atoms with Crippen molar-refractivity contribution < 1.29 is 9.59 Å². The number of thiophene rings is 1. The van der Waals surface area contributed by atoms with Gasteiger partial charge in [-0.1, -0.05) is 17.8 Å². The number of carbonyl (C=O) groups excluding carboxylic acids is 2. The van der Waals surface area contributed by atoms with Crippen molar-refractivity contribution in [2.24, 2.45) is 5.73 Å². The Balaban J connectivity index is 1.60. The number of allylic oxidation sites excluding steroid dienone is 1. The molecule has 3 aromatic rings. The zero-order chi connectivity index (χ0) is 22.8. The molecule has 4 rings (SSSR count). The van der Waals surface area contributed by atoms with E-state index in [2.05, 4.69) is 11.9 Å². The number of nitrogens with one attached hydrogen (secondary N) is 1. The predicted octanol–water partition coefficient (Wildman–Crippen LogP) is 3.74. The molecule has 0 unspecified atom stereocenters. The van der Waals surface area contributed by atoms with Gasteiger partial charge in [0, 0.05) is 22.7 Å². The molecule has 0 aliphatic heterocycles. The van der Waals surface area contributed by atoms with Gasteiger partial charge in [-0.2, -0.15) is 0 Å². The zero-order valence-electron chi connectivity index (χ0n) is 17.7. The third-order valence-electron chi connectivity index (χ3n) is 5.44. The van der Waals surface area contributed by atoms with Crippen LogP contribution in [0.25, 0.3) is 10.2 Å². The number of aryl methyl sites for hydroxylation is 2. The third-order valence-corrected chi connectivity index (χ3v) is 7.72. The maximum Gasteiger partial charge on any atom is 0.263 e. The molecule has 1 aromatic carbocycles. The summed E-state index contributed by atoms with van der Waals surface area (Å²) in [6.07, 6.45) is 5.81. The van der Waals surface area contributed by atoms with Crippen molar-refractivity contribution in [3.05, 3.63) is 63.3 Å². The lowest BCUT2D eigenvalue weighted by Crippen LogP contribution is -2.27. The highest BCUT2D eigenvalue weighted by molar-refractivity contribution is 8.00. The Morgan fingerprint density at radius 1 is 1.31 bits per heavy atom. The minimum Gasteiger partial charge on any atom is -0.366 e. The van der Waals surface area contributed by atoms with E-state index in [-0.39, 0.29) is 11.5 Å². The molecule has 7 nitrogen and oxygen atoms in total. The van der Waals surface area contributed by atoms with Gasteiger partial charge in [-0.05, 0) is 62.4 Å². The Kier molecular flexibility index (Phi) is 6.48. The summed E-state index contributed by atoms with van der Waals surface area (Å²) in [4.78, 5) is 44.1. The Bertz CT molecular complexity index is 1260. The summed E-state index contributed by atoms with van der Waals surface area (Å²) in [5.41, 5.74) is 7.27. The first-order valence-electron chi connectivity index (χ1n) is 10.4. The molecule has 166 valence electrons. The number of nitrogens with two attached hydrogens (primary N) is 1. The van der Waals surface area contributed by atoms with Crippen molar-refractivity contribution in [3.63, 3.8) is 0 Å². The fraction of sp³-hybridized carbons (Fsp3) is 0.304. The highest BCUT2D eigenvalue weighted by atomic mass is 32.2. The van der Waals surface area contributed by atoms with Gasteiger partial charge in [0.2, 0.25) is 11.8 Å². The van der Waals surface area contributed by atoms with Crippen LogP contribution in [-0.4, -0.2) is 26.6 Å². The fourth-order valence-corrected chi connectivity index (χ4v) is 5.99. The summed E-state index contributed by atoms with van der Waals surface area (Å²) in [6.45, 7) is 5.88. The Morgan fingerprint density at radius 3 is 2.72 bits per heavy atom. The molecule has 2 heterocycles. The van der Waals surface area contributed by atoms with E-state index in [1.165, 1.54) is 16.6 Å². The Hall–Kier alpha value is -2.91. The molecule has 2 aromatic heterocycles. The second-order valence-corrected chi connectivity index (χ2v) is 10.1. The van der Waals surface area contributed by atoms with Crippen LogP contribution in [0.3, 0.4) is 0 Å². The molecule has 1 atom stereocenters. The van der Waals surface area contributed by atoms with Gasteiger partial charge in [-0.3, -0.25) is 19.0 Å². The minimum atomic E-state index is -0.524. The van der Waals surface area contributed by atoms with Crippen molar-refractivity contribution in [2.75, 3.05) is 5.32 Å². The van der Waals surface area contributed by atoms with E-state index in [1.54, 1.807) is 53.2 Å². The molecule has 2 amide bonds. The van der Waals surface area contributed by atoms with Gasteiger partial charge in [0.25, 0.3) is 5.56 Å². The summed E-state index contributed by atoms with van der Waals surface area (Å²) >= 11 is 2.84. The van der Waals surface area contributed by atoms with Crippen molar-refractivity contribution in [2.45, 2.75) is 49.6 Å². The van der Waals surface area contributed by atoms with E-state index in [0.29, 0.717) is 23.0 Å². The minimum absolute atomic E-state index is 0.0635. The molecule has 32 heavy (non-hydrogen) atoms. The van der Waals surface area contributed by atoms with Gasteiger partial charge in [0.05, 0.1) is 10.6 Å². The molecular weight excluding hydrogens is 444 g/mol. The number of nitrogens with zero attached hydrogens (tertiary/aromatic N) is 2. The van der Waals surface area contributed by atoms with Gasteiger partial charge >= 0.3 is 0 Å². The maximum absolute atomic E-state index is 13.3. The van der Waals surface area contributed by atoms with Crippen LogP contribution in [-0.2, 0) is 24.2 Å². The van der Waals surface area contributed by atoms with Gasteiger partial charge in [0.1, 0.15) is 4.83 Å². The van der Waals surface area contributed by atoms with E-state index >= 15 is 0 Å². The van der Waals surface area contributed by atoms with Gasteiger partial charge < -0.3 is 11.1 Å². The number of fused-ring (bicyclic) bond motifs is 3. The molecule has 1 aliphatic carbocycles. The molecule has 0 bridgehead atoms. The van der Waals surface area contributed by atoms with Crippen LogP contribution in [0.4, 0.5) is 5.69 Å². The largest absolute Gasteiger partial charge is 0.366 e. The monoisotopic (exact) mass is 468 g/mol. The van der Waals surface area contributed by atoms with Gasteiger partial charge in [0.15, 0.2) is 5.16 Å². The summed E-state index contributed by atoms with van der Waals surface area (Å²) in [7, 11) is 0. The van der Waals surface area contributed by atoms with Gasteiger partial charge in [-0.15, -0.1) is 17.9 Å². The number of hydrogen-bond acceptors (Lipinski definition) is 6. The number of amides is 2. The number of carbonyl (C=O) groups is 2. The predicted molar refractivity (Wildman–Crippen MR) is 130 cm³/mol. The molecule has 0 spiro atoms. The highest BCUT2D eigenvalue weighted by Gasteiger charge is 2.24. The molecule has 0 fully saturated rings. The van der Waals surface area contributed by atoms with Crippen LogP contribution in [0.2, 0.25) is 0 Å². The first kappa shape index (κ1) is 22.3. The van der Waals surface area contributed by atoms with Crippen molar-refractivity contribution >= 4 is 50.8 Å². The van der Waals surface area contributed by atoms with Crippen LogP contribution in [0.1, 0.15) is 40.6 Å². The first-order valence-corrected chi connectivity index (χ1v) is 12.1. The fourth-order valence-electron chi connectivity index (χ4n) is 3.77. The summed E-state index contributed by atoms with van der Waals surface area (Å²) < 4.78 is 1.60. The molecule has 9 heteroatoms. The number of hydrogen-bond donors (Lipinski definition) is 2. The van der Waals surface area contributed by atoms with Crippen LogP contribution in [0.5, 0.6) is 0 Å². The van der Waals surface area contributed by atoms with E-state index in [9.17, 15) is 14.4 Å². The second kappa shape index (κ2) is 9.30. The van der Waals surface area contributed by atoms with Crippen LogP contribution < -0.4 is 16.6 Å². The van der Waals surface area contributed by atoms with Gasteiger partial charge in [-0.25, -0.2) is 4.98 Å².